The van der Waals surface area contributed by atoms with Crippen molar-refractivity contribution in [1.82, 2.24) is 19.9 Å². The Balaban J connectivity index is 0.000000304. The summed E-state index contributed by atoms with van der Waals surface area (Å²) in [6, 6.07) is 7.10. The number of carboxylic acid groups (broad SMARTS) is 2. The minimum absolute atomic E-state index is 0.220. The van der Waals surface area contributed by atoms with E-state index in [1.807, 2.05) is 13.8 Å². The molecule has 0 aliphatic carbocycles. The van der Waals surface area contributed by atoms with Crippen LogP contribution >= 0.6 is 0 Å². The van der Waals surface area contributed by atoms with Gasteiger partial charge in [0.25, 0.3) is 0 Å². The molecular weight excluding hydrogens is 636 g/mol. The lowest BCUT2D eigenvalue weighted by molar-refractivity contribution is -0.142. The molecule has 10 nitrogen and oxygen atoms in total. The van der Waals surface area contributed by atoms with Crippen LogP contribution in [0.1, 0.15) is 57.3 Å². The van der Waals surface area contributed by atoms with Gasteiger partial charge in [-0.05, 0) is 61.4 Å². The summed E-state index contributed by atoms with van der Waals surface area (Å²) in [6.45, 7) is 7.05. The second kappa shape index (κ2) is 15.0. The van der Waals surface area contributed by atoms with Crippen molar-refractivity contribution in [2.24, 2.45) is 0 Å². The normalized spacial score (nSPS) is 11.0. The summed E-state index contributed by atoms with van der Waals surface area (Å²) >= 11 is 0. The van der Waals surface area contributed by atoms with Gasteiger partial charge >= 0.3 is 24.3 Å². The Morgan fingerprint density at radius 3 is 1.48 bits per heavy atom. The Bertz CT molecular complexity index is 1710. The molecule has 0 bridgehead atoms. The van der Waals surface area contributed by atoms with Crippen molar-refractivity contribution in [3.63, 3.8) is 0 Å². The van der Waals surface area contributed by atoms with Gasteiger partial charge in [0, 0.05) is 11.4 Å². The molecule has 0 atom stereocenters. The van der Waals surface area contributed by atoms with Crippen LogP contribution in [0, 0.1) is 25.5 Å². The number of anilines is 4. The second-order valence-electron chi connectivity index (χ2n) is 8.68. The van der Waals surface area contributed by atoms with Crippen LogP contribution in [0.4, 0.5) is 58.1 Å². The van der Waals surface area contributed by atoms with Gasteiger partial charge in [-0.25, -0.2) is 38.3 Å². The van der Waals surface area contributed by atoms with Crippen molar-refractivity contribution in [2.75, 3.05) is 10.6 Å². The number of nitrogens with zero attached hydrogens (tertiary/aromatic N) is 4. The average Bonchev–Trinajstić information content (AvgIpc) is 2.96. The molecule has 0 spiro atoms. The van der Waals surface area contributed by atoms with Gasteiger partial charge in [-0.1, -0.05) is 13.8 Å². The molecule has 0 saturated carbocycles. The predicted octanol–water partition coefficient (Wildman–Crippen LogP) is 7.80. The van der Waals surface area contributed by atoms with E-state index in [4.69, 9.17) is 10.2 Å². The van der Waals surface area contributed by atoms with Gasteiger partial charge in [0.1, 0.15) is 11.6 Å². The van der Waals surface area contributed by atoms with Gasteiger partial charge < -0.3 is 20.8 Å². The summed E-state index contributed by atoms with van der Waals surface area (Å²) in [4.78, 5) is 35.1. The molecule has 2 aromatic carbocycles. The number of halogens is 8. The molecule has 246 valence electrons. The molecule has 0 unspecified atom stereocenters. The van der Waals surface area contributed by atoms with Gasteiger partial charge in [-0.2, -0.15) is 26.3 Å². The van der Waals surface area contributed by atoms with Crippen molar-refractivity contribution >= 4 is 34.9 Å². The number of rotatable bonds is 6. The molecule has 46 heavy (non-hydrogen) atoms. The maximum absolute atomic E-state index is 13.0. The molecule has 0 aliphatic rings. The highest BCUT2D eigenvalue weighted by molar-refractivity contribution is 5.92. The molecular formula is C28H24F8N6O4. The Morgan fingerprint density at radius 1 is 0.652 bits per heavy atom. The number of carbonyl (C=O) groups is 2. The minimum atomic E-state index is -4.80. The second-order valence-corrected chi connectivity index (χ2v) is 8.68. The zero-order valence-electron chi connectivity index (χ0n) is 24.1. The summed E-state index contributed by atoms with van der Waals surface area (Å²) in [5.74, 6) is -5.17. The van der Waals surface area contributed by atoms with Crippen molar-refractivity contribution < 1.29 is 54.9 Å². The predicted molar refractivity (Wildman–Crippen MR) is 148 cm³/mol. The fourth-order valence-electron chi connectivity index (χ4n) is 3.33. The summed E-state index contributed by atoms with van der Waals surface area (Å²) in [6.07, 6.45) is -8.81. The Hall–Kier alpha value is -5.42. The van der Waals surface area contributed by atoms with E-state index < -0.39 is 64.5 Å². The molecule has 18 heteroatoms. The SMILES string of the molecule is CC.Cc1cc(F)ccc1Nc1nc(C(F)(F)F)cnc1C(=O)O.Cc1cc(F)ccc1Nc1ncc(C(F)(F)F)nc1C(=O)O. The molecule has 0 radical (unpaired) electrons. The van der Waals surface area contributed by atoms with Crippen molar-refractivity contribution in [3.05, 3.63) is 94.3 Å². The molecule has 0 aliphatic heterocycles. The van der Waals surface area contributed by atoms with Gasteiger partial charge in [-0.15, -0.1) is 0 Å². The first kappa shape index (κ1) is 36.8. The molecule has 0 fully saturated rings. The number of benzene rings is 2. The number of hydrogen-bond donors (Lipinski definition) is 4. The first-order valence-corrected chi connectivity index (χ1v) is 12.8. The van der Waals surface area contributed by atoms with Gasteiger partial charge in [-0.3, -0.25) is 0 Å². The molecule has 4 aromatic rings. The van der Waals surface area contributed by atoms with Crippen LogP contribution in [-0.2, 0) is 12.4 Å². The maximum Gasteiger partial charge on any atom is 0.434 e. The zero-order valence-corrected chi connectivity index (χ0v) is 24.1. The van der Waals surface area contributed by atoms with E-state index in [0.717, 1.165) is 18.2 Å². The molecule has 0 saturated heterocycles. The number of aryl methyl sites for hydroxylation is 2. The summed E-state index contributed by atoms with van der Waals surface area (Å²) in [7, 11) is 0. The fourth-order valence-corrected chi connectivity index (χ4v) is 3.33. The average molecular weight is 661 g/mol. The highest BCUT2D eigenvalue weighted by Gasteiger charge is 2.35. The van der Waals surface area contributed by atoms with Crippen LogP contribution < -0.4 is 10.6 Å². The van der Waals surface area contributed by atoms with Crippen LogP contribution in [-0.4, -0.2) is 42.1 Å². The Morgan fingerprint density at radius 2 is 1.07 bits per heavy atom. The third kappa shape index (κ3) is 9.80. The molecule has 4 N–H and O–H groups in total. The monoisotopic (exact) mass is 660 g/mol. The number of aromatic carboxylic acids is 2. The molecule has 0 amide bonds. The van der Waals surface area contributed by atoms with Crippen LogP contribution in [0.5, 0.6) is 0 Å². The Kier molecular flexibility index (Phi) is 12.0. The van der Waals surface area contributed by atoms with Gasteiger partial charge in [0.05, 0.1) is 12.4 Å². The first-order valence-electron chi connectivity index (χ1n) is 12.8. The lowest BCUT2D eigenvalue weighted by atomic mass is 10.2. The summed E-state index contributed by atoms with van der Waals surface area (Å²) < 4.78 is 102. The van der Waals surface area contributed by atoms with E-state index in [2.05, 4.69) is 30.6 Å². The van der Waals surface area contributed by atoms with Crippen LogP contribution in [0.15, 0.2) is 48.8 Å². The van der Waals surface area contributed by atoms with Crippen LogP contribution in [0.25, 0.3) is 0 Å². The number of aromatic nitrogens is 4. The zero-order chi connectivity index (χ0) is 35.0. The third-order valence-corrected chi connectivity index (χ3v) is 5.41. The number of hydrogen-bond acceptors (Lipinski definition) is 8. The molecule has 4 rings (SSSR count). The highest BCUT2D eigenvalue weighted by Crippen LogP contribution is 2.31. The summed E-state index contributed by atoms with van der Waals surface area (Å²) in [5, 5.41) is 22.9. The molecule has 2 aromatic heterocycles. The number of carboxylic acids is 2. The lowest BCUT2D eigenvalue weighted by Crippen LogP contribution is -2.15. The highest BCUT2D eigenvalue weighted by atomic mass is 19.4. The van der Waals surface area contributed by atoms with E-state index >= 15 is 0 Å². The third-order valence-electron chi connectivity index (χ3n) is 5.41. The largest absolute Gasteiger partial charge is 0.476 e. The van der Waals surface area contributed by atoms with E-state index in [-0.39, 0.29) is 11.5 Å². The fraction of sp³-hybridized carbons (Fsp3) is 0.214. The summed E-state index contributed by atoms with van der Waals surface area (Å²) in [5.41, 5.74) is -2.97. The molecule has 2 heterocycles. The van der Waals surface area contributed by atoms with Crippen molar-refractivity contribution in [3.8, 4) is 0 Å². The lowest BCUT2D eigenvalue weighted by Gasteiger charge is -2.13. The van der Waals surface area contributed by atoms with Crippen LogP contribution in [0.2, 0.25) is 0 Å². The van der Waals surface area contributed by atoms with E-state index in [9.17, 15) is 44.7 Å². The standard InChI is InChI=1S/2C13H9F4N3O2.C2H6/c1-6-4-7(14)2-3-8(6)19-11-10(12(21)22)20-9(5-18-11)13(15,16)17;1-6-4-7(14)2-3-8(6)19-11-10(12(21)22)18-5-9(20-11)13(15,16)17;1-2/h2-5H,1H3,(H,18,19)(H,21,22);2-5H,1H3,(H,19,20)(H,21,22);1-2H3. The van der Waals surface area contributed by atoms with Gasteiger partial charge in [0.15, 0.2) is 34.4 Å². The number of nitrogens with one attached hydrogen (secondary N) is 2. The van der Waals surface area contributed by atoms with Crippen molar-refractivity contribution in [2.45, 2.75) is 40.0 Å². The first-order chi connectivity index (χ1) is 21.4. The van der Waals surface area contributed by atoms with Crippen LogP contribution in [0.3, 0.4) is 0 Å². The van der Waals surface area contributed by atoms with Crippen molar-refractivity contribution in [1.29, 1.82) is 0 Å². The topological polar surface area (TPSA) is 150 Å². The van der Waals surface area contributed by atoms with E-state index in [1.165, 1.54) is 25.1 Å². The maximum atomic E-state index is 13.0. The Labute approximate surface area is 255 Å². The number of alkyl halides is 6. The van der Waals surface area contributed by atoms with Gasteiger partial charge in [0.2, 0.25) is 0 Å². The van der Waals surface area contributed by atoms with E-state index in [0.29, 0.717) is 29.2 Å². The smallest absolute Gasteiger partial charge is 0.434 e. The van der Waals surface area contributed by atoms with E-state index in [1.54, 1.807) is 6.92 Å². The quantitative estimate of drug-likeness (QED) is 0.151. The minimum Gasteiger partial charge on any atom is -0.476 e.